The summed E-state index contributed by atoms with van der Waals surface area (Å²) in [6, 6.07) is 7.47. The molecule has 2 rings (SSSR count). The first-order valence-electron chi connectivity index (χ1n) is 7.19. The number of hydrogen-bond donors (Lipinski definition) is 2. The predicted octanol–water partition coefficient (Wildman–Crippen LogP) is 2.95. The van der Waals surface area contributed by atoms with Gasteiger partial charge in [0.25, 0.3) is 0 Å². The second kappa shape index (κ2) is 8.09. The number of anilines is 2. The lowest BCUT2D eigenvalue weighted by Gasteiger charge is -2.12. The second-order valence-corrected chi connectivity index (χ2v) is 4.96. The average molecular weight is 350 g/mol. The van der Waals surface area contributed by atoms with Gasteiger partial charge in [0.1, 0.15) is 29.6 Å². The lowest BCUT2D eigenvalue weighted by Crippen LogP contribution is -2.22. The van der Waals surface area contributed by atoms with Crippen LogP contribution in [0, 0.1) is 11.6 Å². The number of ether oxygens (including phenoxy) is 2. The lowest BCUT2D eigenvalue weighted by molar-refractivity contribution is -0.123. The molecule has 6 nitrogen and oxygen atoms in total. The molecule has 0 aliphatic heterocycles. The van der Waals surface area contributed by atoms with Gasteiger partial charge >= 0.3 is 0 Å². The highest BCUT2D eigenvalue weighted by Gasteiger charge is 2.14. The number of carbonyl (C=O) groups is 2. The molecular formula is C17H16F2N2O4. The monoisotopic (exact) mass is 350 g/mol. The highest BCUT2D eigenvalue weighted by atomic mass is 19.1. The van der Waals surface area contributed by atoms with Crippen LogP contribution in [0.15, 0.2) is 36.4 Å². The maximum absolute atomic E-state index is 13.5. The third kappa shape index (κ3) is 4.90. The van der Waals surface area contributed by atoms with E-state index in [9.17, 15) is 18.4 Å². The molecule has 0 fully saturated rings. The number of carbonyl (C=O) groups excluding carboxylic acids is 2. The lowest BCUT2D eigenvalue weighted by atomic mass is 10.2. The van der Waals surface area contributed by atoms with Crippen molar-refractivity contribution in [3.05, 3.63) is 48.0 Å². The molecule has 0 saturated heterocycles. The molecule has 25 heavy (non-hydrogen) atoms. The minimum Gasteiger partial charge on any atom is -0.497 e. The van der Waals surface area contributed by atoms with Gasteiger partial charge in [0.2, 0.25) is 11.8 Å². The van der Waals surface area contributed by atoms with Gasteiger partial charge in [0.15, 0.2) is 0 Å². The molecule has 0 spiro atoms. The predicted molar refractivity (Wildman–Crippen MR) is 87.8 cm³/mol. The Bertz CT molecular complexity index is 796. The summed E-state index contributed by atoms with van der Waals surface area (Å²) in [7, 11) is 2.92. The molecule has 132 valence electrons. The number of amides is 2. The number of methoxy groups -OCH3 is 2. The highest BCUT2D eigenvalue weighted by Crippen LogP contribution is 2.29. The van der Waals surface area contributed by atoms with Gasteiger partial charge in [-0.3, -0.25) is 9.59 Å². The second-order valence-electron chi connectivity index (χ2n) is 4.96. The maximum atomic E-state index is 13.5. The van der Waals surface area contributed by atoms with Crippen LogP contribution in [0.3, 0.4) is 0 Å². The standard InChI is InChI=1S/C17H16F2N2O4/c1-24-11-4-6-14(15(8-11)25-2)21-17(23)9-16(22)20-13-5-3-10(18)7-12(13)19/h3-8H,9H2,1-2H3,(H,20,22)(H,21,23). The Hall–Kier alpha value is -3.16. The van der Waals surface area contributed by atoms with E-state index in [1.807, 2.05) is 0 Å². The van der Waals surface area contributed by atoms with E-state index in [-0.39, 0.29) is 5.69 Å². The van der Waals surface area contributed by atoms with Crippen molar-refractivity contribution in [3.8, 4) is 11.5 Å². The van der Waals surface area contributed by atoms with Crippen LogP contribution in [0.1, 0.15) is 6.42 Å². The molecule has 0 saturated carbocycles. The van der Waals surface area contributed by atoms with Crippen LogP contribution in [0.25, 0.3) is 0 Å². The quantitative estimate of drug-likeness (QED) is 0.786. The fourth-order valence-corrected chi connectivity index (χ4v) is 2.03. The van der Waals surface area contributed by atoms with Crippen LogP contribution in [-0.2, 0) is 9.59 Å². The van der Waals surface area contributed by atoms with E-state index >= 15 is 0 Å². The Morgan fingerprint density at radius 2 is 1.56 bits per heavy atom. The number of rotatable bonds is 6. The third-order valence-corrected chi connectivity index (χ3v) is 3.21. The molecule has 0 radical (unpaired) electrons. The SMILES string of the molecule is COc1ccc(NC(=O)CC(=O)Nc2ccc(F)cc2F)c(OC)c1. The van der Waals surface area contributed by atoms with E-state index in [1.165, 1.54) is 14.2 Å². The minimum atomic E-state index is -0.925. The molecule has 0 aliphatic rings. The van der Waals surface area contributed by atoms with Crippen molar-refractivity contribution in [3.63, 3.8) is 0 Å². The average Bonchev–Trinajstić information content (AvgIpc) is 2.57. The van der Waals surface area contributed by atoms with Gasteiger partial charge in [-0.05, 0) is 24.3 Å². The maximum Gasteiger partial charge on any atom is 0.233 e. The topological polar surface area (TPSA) is 76.7 Å². The highest BCUT2D eigenvalue weighted by molar-refractivity contribution is 6.08. The molecule has 0 bridgehead atoms. The Labute approximate surface area is 142 Å². The zero-order valence-corrected chi connectivity index (χ0v) is 13.6. The van der Waals surface area contributed by atoms with E-state index in [0.717, 1.165) is 12.1 Å². The molecule has 0 atom stereocenters. The molecular weight excluding hydrogens is 334 g/mol. The first-order valence-corrected chi connectivity index (χ1v) is 7.19. The number of nitrogens with one attached hydrogen (secondary N) is 2. The normalized spacial score (nSPS) is 10.1. The summed E-state index contributed by atoms with van der Waals surface area (Å²) in [6.07, 6.45) is -0.550. The molecule has 2 aromatic rings. The Morgan fingerprint density at radius 3 is 2.16 bits per heavy atom. The van der Waals surface area contributed by atoms with E-state index in [1.54, 1.807) is 18.2 Å². The van der Waals surface area contributed by atoms with Crippen LogP contribution in [0.4, 0.5) is 20.2 Å². The van der Waals surface area contributed by atoms with Crippen molar-refractivity contribution in [1.82, 2.24) is 0 Å². The van der Waals surface area contributed by atoms with Crippen molar-refractivity contribution in [2.75, 3.05) is 24.9 Å². The van der Waals surface area contributed by atoms with Crippen LogP contribution in [0.2, 0.25) is 0 Å². The number of hydrogen-bond acceptors (Lipinski definition) is 4. The van der Waals surface area contributed by atoms with Gasteiger partial charge in [-0.1, -0.05) is 0 Å². The summed E-state index contributed by atoms with van der Waals surface area (Å²) in [4.78, 5) is 23.8. The fraction of sp³-hybridized carbons (Fsp3) is 0.176. The molecule has 2 N–H and O–H groups in total. The largest absolute Gasteiger partial charge is 0.497 e. The summed E-state index contributed by atoms with van der Waals surface area (Å²) >= 11 is 0. The van der Waals surface area contributed by atoms with Crippen LogP contribution >= 0.6 is 0 Å². The van der Waals surface area contributed by atoms with Crippen molar-refractivity contribution >= 4 is 23.2 Å². The molecule has 0 aromatic heterocycles. The molecule has 2 aromatic carbocycles. The zero-order valence-electron chi connectivity index (χ0n) is 13.6. The van der Waals surface area contributed by atoms with Gasteiger partial charge in [-0.2, -0.15) is 0 Å². The smallest absolute Gasteiger partial charge is 0.233 e. The van der Waals surface area contributed by atoms with Crippen LogP contribution < -0.4 is 20.1 Å². The van der Waals surface area contributed by atoms with Gasteiger partial charge in [-0.15, -0.1) is 0 Å². The Balaban J connectivity index is 1.99. The molecule has 2 amide bonds. The Kier molecular flexibility index (Phi) is 5.89. The van der Waals surface area contributed by atoms with E-state index in [2.05, 4.69) is 10.6 Å². The fourth-order valence-electron chi connectivity index (χ4n) is 2.03. The minimum absolute atomic E-state index is 0.207. The summed E-state index contributed by atoms with van der Waals surface area (Å²) in [5, 5.41) is 4.73. The van der Waals surface area contributed by atoms with Crippen molar-refractivity contribution in [2.45, 2.75) is 6.42 Å². The van der Waals surface area contributed by atoms with E-state index in [4.69, 9.17) is 9.47 Å². The van der Waals surface area contributed by atoms with Crippen molar-refractivity contribution in [2.24, 2.45) is 0 Å². The van der Waals surface area contributed by atoms with Gasteiger partial charge < -0.3 is 20.1 Å². The van der Waals surface area contributed by atoms with Gasteiger partial charge in [0.05, 0.1) is 25.6 Å². The number of halogens is 2. The molecule has 0 aliphatic carbocycles. The van der Waals surface area contributed by atoms with Gasteiger partial charge in [0, 0.05) is 12.1 Å². The Morgan fingerprint density at radius 1 is 0.920 bits per heavy atom. The van der Waals surface area contributed by atoms with Crippen molar-refractivity contribution < 1.29 is 27.8 Å². The molecule has 8 heteroatoms. The first kappa shape index (κ1) is 18.2. The van der Waals surface area contributed by atoms with Crippen molar-refractivity contribution in [1.29, 1.82) is 0 Å². The zero-order chi connectivity index (χ0) is 18.4. The third-order valence-electron chi connectivity index (χ3n) is 3.21. The van der Waals surface area contributed by atoms with E-state index in [0.29, 0.717) is 23.3 Å². The summed E-state index contributed by atoms with van der Waals surface area (Å²) in [5.74, 6) is -2.15. The molecule has 0 unspecified atom stereocenters. The summed E-state index contributed by atoms with van der Waals surface area (Å²) < 4.78 is 36.5. The van der Waals surface area contributed by atoms with Gasteiger partial charge in [-0.25, -0.2) is 8.78 Å². The molecule has 0 heterocycles. The van der Waals surface area contributed by atoms with Crippen LogP contribution in [-0.4, -0.2) is 26.0 Å². The number of benzene rings is 2. The van der Waals surface area contributed by atoms with E-state index < -0.39 is 29.9 Å². The summed E-state index contributed by atoms with van der Waals surface area (Å²) in [5.41, 5.74) is 0.148. The van der Waals surface area contributed by atoms with Crippen LogP contribution in [0.5, 0.6) is 11.5 Å². The summed E-state index contributed by atoms with van der Waals surface area (Å²) in [6.45, 7) is 0. The first-order chi connectivity index (χ1) is 11.9.